The van der Waals surface area contributed by atoms with Crippen LogP contribution in [0.3, 0.4) is 0 Å². The largest absolute Gasteiger partial charge is 0.486 e. The Hall–Kier alpha value is -2.07. The van der Waals surface area contributed by atoms with Gasteiger partial charge in [-0.3, -0.25) is 0 Å². The van der Waals surface area contributed by atoms with Crippen LogP contribution in [0.5, 0.6) is 11.5 Å². The van der Waals surface area contributed by atoms with Crippen LogP contribution in [-0.2, 0) is 0 Å². The molecule has 0 fully saturated rings. The van der Waals surface area contributed by atoms with Crippen LogP contribution in [-0.4, -0.2) is 19.3 Å². The molecule has 7 heteroatoms. The molecule has 0 radical (unpaired) electrons. The molecule has 1 aliphatic heterocycles. The topological polar surface area (TPSA) is 67.2 Å². The molecule has 1 heterocycles. The monoisotopic (exact) mass is 335 g/mol. The van der Waals surface area contributed by atoms with Crippen molar-refractivity contribution >= 4 is 23.2 Å². The Balaban J connectivity index is 2.04. The number of hydrogen-bond donors (Lipinski definition) is 0. The number of halogens is 2. The second kappa shape index (κ2) is 6.36. The van der Waals surface area contributed by atoms with Gasteiger partial charge < -0.3 is 9.47 Å². The lowest BCUT2D eigenvalue weighted by Crippen LogP contribution is -2.31. The highest BCUT2D eigenvalue weighted by molar-refractivity contribution is 6.43. The summed E-state index contributed by atoms with van der Waals surface area (Å²) in [6, 6.07) is 11.0. The highest BCUT2D eigenvalue weighted by atomic mass is 35.5. The van der Waals surface area contributed by atoms with Crippen LogP contribution in [0.1, 0.15) is 0 Å². The Morgan fingerprint density at radius 2 is 1.95 bits per heavy atom. The van der Waals surface area contributed by atoms with Gasteiger partial charge >= 0.3 is 0 Å². The summed E-state index contributed by atoms with van der Waals surface area (Å²) in [6.45, 7) is 0.534. The predicted molar refractivity (Wildman–Crippen MR) is 85.8 cm³/mol. The van der Waals surface area contributed by atoms with Crippen LogP contribution in [0.15, 0.2) is 41.5 Å². The van der Waals surface area contributed by atoms with Crippen molar-refractivity contribution < 1.29 is 9.47 Å². The Morgan fingerprint density at radius 3 is 2.77 bits per heavy atom. The minimum absolute atomic E-state index is 0.202. The zero-order valence-electron chi connectivity index (χ0n) is 11.4. The van der Waals surface area contributed by atoms with E-state index >= 15 is 0 Å². The summed E-state index contributed by atoms with van der Waals surface area (Å²) in [5, 5.41) is 4.46. The lowest BCUT2D eigenvalue weighted by Gasteiger charge is -2.27. The van der Waals surface area contributed by atoms with Crippen LogP contribution >= 0.6 is 23.2 Å². The highest BCUT2D eigenvalue weighted by Crippen LogP contribution is 2.44. The Kier molecular flexibility index (Phi) is 4.29. The van der Waals surface area contributed by atoms with Crippen molar-refractivity contribution in [1.82, 2.24) is 0 Å². The van der Waals surface area contributed by atoms with Crippen molar-refractivity contribution in [2.24, 2.45) is 5.11 Å². The van der Waals surface area contributed by atoms with Gasteiger partial charge in [-0.25, -0.2) is 0 Å². The Morgan fingerprint density at radius 1 is 1.18 bits per heavy atom. The first-order valence-corrected chi connectivity index (χ1v) is 7.34. The van der Waals surface area contributed by atoms with Crippen LogP contribution in [0.25, 0.3) is 21.6 Å². The summed E-state index contributed by atoms with van der Waals surface area (Å²) in [6.07, 6.45) is -0.331. The van der Waals surface area contributed by atoms with Crippen LogP contribution in [0.2, 0.25) is 10.0 Å². The maximum absolute atomic E-state index is 8.42. The van der Waals surface area contributed by atoms with E-state index in [1.54, 1.807) is 6.07 Å². The third-order valence-electron chi connectivity index (χ3n) is 3.28. The minimum Gasteiger partial charge on any atom is -0.486 e. The fourth-order valence-electron chi connectivity index (χ4n) is 2.28. The zero-order chi connectivity index (χ0) is 15.5. The molecule has 0 saturated carbocycles. The normalized spacial score (nSPS) is 16.0. The number of fused-ring (bicyclic) bond motifs is 1. The first-order chi connectivity index (χ1) is 10.7. The number of ether oxygens (including phenoxy) is 2. The molecule has 1 unspecified atom stereocenters. The van der Waals surface area contributed by atoms with Gasteiger partial charge in [-0.1, -0.05) is 52.6 Å². The molecule has 2 aromatic carbocycles. The average Bonchev–Trinajstić information content (AvgIpc) is 2.55. The van der Waals surface area contributed by atoms with Crippen molar-refractivity contribution in [3.8, 4) is 22.6 Å². The van der Waals surface area contributed by atoms with Gasteiger partial charge in [0.1, 0.15) is 12.7 Å². The molecule has 0 aliphatic carbocycles. The van der Waals surface area contributed by atoms with Crippen molar-refractivity contribution in [1.29, 1.82) is 0 Å². The predicted octanol–water partition coefficient (Wildman–Crippen LogP) is 5.11. The molecule has 0 bridgehead atoms. The van der Waals surface area contributed by atoms with E-state index in [0.717, 1.165) is 11.1 Å². The number of rotatable bonds is 3. The van der Waals surface area contributed by atoms with Gasteiger partial charge in [0.05, 0.1) is 16.6 Å². The van der Waals surface area contributed by atoms with Gasteiger partial charge in [-0.2, -0.15) is 0 Å². The maximum Gasteiger partial charge on any atom is 0.169 e. The second-order valence-corrected chi connectivity index (χ2v) is 5.48. The molecule has 5 nitrogen and oxygen atoms in total. The van der Waals surface area contributed by atoms with E-state index in [1.165, 1.54) is 0 Å². The minimum atomic E-state index is -0.331. The number of hydrogen-bond acceptors (Lipinski definition) is 3. The quantitative estimate of drug-likeness (QED) is 0.444. The van der Waals surface area contributed by atoms with Gasteiger partial charge in [0.25, 0.3) is 0 Å². The lowest BCUT2D eigenvalue weighted by atomic mass is 10.0. The van der Waals surface area contributed by atoms with Crippen molar-refractivity contribution in [3.63, 3.8) is 0 Å². The highest BCUT2D eigenvalue weighted by Gasteiger charge is 2.24. The third-order valence-corrected chi connectivity index (χ3v) is 4.10. The number of benzene rings is 2. The molecule has 1 aliphatic rings. The van der Waals surface area contributed by atoms with Gasteiger partial charge in [0, 0.05) is 16.0 Å². The van der Waals surface area contributed by atoms with Crippen LogP contribution < -0.4 is 9.47 Å². The van der Waals surface area contributed by atoms with E-state index < -0.39 is 0 Å². The maximum atomic E-state index is 8.42. The summed E-state index contributed by atoms with van der Waals surface area (Å²) in [4.78, 5) is 2.74. The molecule has 0 amide bonds. The summed E-state index contributed by atoms with van der Waals surface area (Å²) in [7, 11) is 0. The number of azide groups is 1. The molecule has 0 aromatic heterocycles. The Bertz CT molecular complexity index is 760. The molecule has 0 spiro atoms. The van der Waals surface area contributed by atoms with E-state index in [1.807, 2.05) is 30.3 Å². The van der Waals surface area contributed by atoms with Gasteiger partial charge in [-0.05, 0) is 17.7 Å². The molecule has 0 N–H and O–H groups in total. The van der Waals surface area contributed by atoms with E-state index in [-0.39, 0.29) is 12.6 Å². The molecular weight excluding hydrogens is 325 g/mol. The molecule has 0 saturated heterocycles. The Labute approximate surface area is 137 Å². The fourth-order valence-corrected chi connectivity index (χ4v) is 2.68. The zero-order valence-corrected chi connectivity index (χ0v) is 12.9. The van der Waals surface area contributed by atoms with Gasteiger partial charge in [0.2, 0.25) is 0 Å². The van der Waals surface area contributed by atoms with Gasteiger partial charge in [0.15, 0.2) is 11.5 Å². The first-order valence-electron chi connectivity index (χ1n) is 6.58. The average molecular weight is 336 g/mol. The molecule has 2 aromatic rings. The van der Waals surface area contributed by atoms with Crippen LogP contribution in [0, 0.1) is 0 Å². The van der Waals surface area contributed by atoms with E-state index in [0.29, 0.717) is 28.2 Å². The van der Waals surface area contributed by atoms with E-state index in [2.05, 4.69) is 10.0 Å². The van der Waals surface area contributed by atoms with Crippen molar-refractivity contribution in [2.45, 2.75) is 6.10 Å². The molecular formula is C15H11Cl2N3O2. The summed E-state index contributed by atoms with van der Waals surface area (Å²) < 4.78 is 11.6. The first kappa shape index (κ1) is 14.9. The van der Waals surface area contributed by atoms with Crippen molar-refractivity contribution in [2.75, 3.05) is 13.2 Å². The lowest BCUT2D eigenvalue weighted by molar-refractivity contribution is 0.0977. The smallest absolute Gasteiger partial charge is 0.169 e. The summed E-state index contributed by atoms with van der Waals surface area (Å²) >= 11 is 12.4. The second-order valence-electron chi connectivity index (χ2n) is 4.70. The molecule has 1 atom stereocenters. The van der Waals surface area contributed by atoms with E-state index in [4.69, 9.17) is 38.2 Å². The number of para-hydroxylation sites is 1. The van der Waals surface area contributed by atoms with E-state index in [9.17, 15) is 0 Å². The summed E-state index contributed by atoms with van der Waals surface area (Å²) in [5.74, 6) is 1.21. The van der Waals surface area contributed by atoms with Crippen molar-refractivity contribution in [3.05, 3.63) is 56.9 Å². The summed E-state index contributed by atoms with van der Waals surface area (Å²) in [5.41, 5.74) is 9.97. The SMILES string of the molecule is [N-]=[N+]=NCC1COc2cccc(-c3cccc(Cl)c3Cl)c2O1. The molecule has 3 rings (SSSR count). The van der Waals surface area contributed by atoms with Gasteiger partial charge in [-0.15, -0.1) is 0 Å². The fraction of sp³-hybridized carbons (Fsp3) is 0.200. The number of nitrogens with zero attached hydrogens (tertiary/aromatic N) is 3. The van der Waals surface area contributed by atoms with Crippen LogP contribution in [0.4, 0.5) is 0 Å². The molecule has 22 heavy (non-hydrogen) atoms. The third kappa shape index (κ3) is 2.79. The standard InChI is InChI=1S/C15H11Cl2N3O2/c16-12-5-1-3-10(14(12)17)11-4-2-6-13-15(11)22-9(8-21-13)7-19-20-18/h1-6,9H,7-8H2. The molecule has 112 valence electrons.